The van der Waals surface area contributed by atoms with Crippen molar-refractivity contribution in [3.8, 4) is 5.75 Å². The van der Waals surface area contributed by atoms with E-state index in [0.717, 1.165) is 12.1 Å². The quantitative estimate of drug-likeness (QED) is 0.786. The molecule has 2 aromatic rings. The third-order valence-electron chi connectivity index (χ3n) is 2.98. The van der Waals surface area contributed by atoms with Crippen LogP contribution in [-0.4, -0.2) is 30.6 Å². The highest BCUT2D eigenvalue weighted by Gasteiger charge is 2.34. The Morgan fingerprint density at radius 2 is 2.04 bits per heavy atom. The molecule has 1 amide bonds. The lowest BCUT2D eigenvalue weighted by molar-refractivity contribution is -0.142. The van der Waals surface area contributed by atoms with E-state index >= 15 is 0 Å². The number of benzene rings is 1. The molecule has 0 aliphatic heterocycles. The summed E-state index contributed by atoms with van der Waals surface area (Å²) in [5.41, 5.74) is -0.289. The van der Waals surface area contributed by atoms with Gasteiger partial charge in [0.2, 0.25) is 0 Å². The predicted molar refractivity (Wildman–Crippen MR) is 72.5 cm³/mol. The largest absolute Gasteiger partial charge is 0.496 e. The Morgan fingerprint density at radius 1 is 1.30 bits per heavy atom. The molecule has 1 aromatic heterocycles. The van der Waals surface area contributed by atoms with Crippen LogP contribution < -0.4 is 4.74 Å². The van der Waals surface area contributed by atoms with Gasteiger partial charge >= 0.3 is 6.18 Å². The van der Waals surface area contributed by atoms with Gasteiger partial charge in [0.15, 0.2) is 0 Å². The molecule has 0 saturated carbocycles. The second kappa shape index (κ2) is 6.72. The molecular weight excluding hydrogens is 318 g/mol. The van der Waals surface area contributed by atoms with Crippen LogP contribution in [-0.2, 0) is 6.54 Å². The monoisotopic (exact) mass is 331 g/mol. The van der Waals surface area contributed by atoms with Crippen molar-refractivity contribution in [2.75, 3.05) is 13.7 Å². The van der Waals surface area contributed by atoms with Crippen LogP contribution in [0, 0.1) is 5.82 Å². The number of methoxy groups -OCH3 is 1. The average Bonchev–Trinajstić information content (AvgIpc) is 2.97. The molecule has 0 atom stereocenters. The summed E-state index contributed by atoms with van der Waals surface area (Å²) in [6, 6.07) is 6.01. The minimum atomic E-state index is -4.61. The van der Waals surface area contributed by atoms with Crippen molar-refractivity contribution in [1.29, 1.82) is 0 Å². The number of halogens is 4. The van der Waals surface area contributed by atoms with Gasteiger partial charge in [-0.1, -0.05) is 0 Å². The summed E-state index contributed by atoms with van der Waals surface area (Å²) in [5.74, 6) is -1.59. The number of nitrogens with zero attached hydrogens (tertiary/aromatic N) is 1. The molecule has 2 rings (SSSR count). The average molecular weight is 331 g/mol. The molecule has 1 heterocycles. The Bertz CT molecular complexity index is 668. The molecule has 0 aliphatic rings. The zero-order valence-electron chi connectivity index (χ0n) is 12.1. The summed E-state index contributed by atoms with van der Waals surface area (Å²) >= 11 is 0. The number of amides is 1. The number of carbonyl (C=O) groups is 1. The van der Waals surface area contributed by atoms with Crippen LogP contribution in [0.25, 0.3) is 0 Å². The number of rotatable bonds is 5. The van der Waals surface area contributed by atoms with Crippen LogP contribution in [0.5, 0.6) is 5.75 Å². The maximum absolute atomic E-state index is 13.4. The highest BCUT2D eigenvalue weighted by atomic mass is 19.4. The van der Waals surface area contributed by atoms with Crippen LogP contribution >= 0.6 is 0 Å². The number of ether oxygens (including phenoxy) is 1. The fourth-order valence-electron chi connectivity index (χ4n) is 2.02. The number of carbonyl (C=O) groups excluding carboxylic acids is 1. The van der Waals surface area contributed by atoms with Gasteiger partial charge in [0.25, 0.3) is 5.91 Å². The van der Waals surface area contributed by atoms with E-state index in [-0.39, 0.29) is 17.1 Å². The van der Waals surface area contributed by atoms with E-state index in [1.807, 2.05) is 0 Å². The lowest BCUT2D eigenvalue weighted by Crippen LogP contribution is -2.38. The fourth-order valence-corrected chi connectivity index (χ4v) is 2.02. The highest BCUT2D eigenvalue weighted by Crippen LogP contribution is 2.25. The fraction of sp³-hybridized carbons (Fsp3) is 0.267. The maximum atomic E-state index is 13.4. The molecule has 124 valence electrons. The van der Waals surface area contributed by atoms with Crippen molar-refractivity contribution < 1.29 is 31.5 Å². The molecule has 0 bridgehead atoms. The first-order valence-corrected chi connectivity index (χ1v) is 6.52. The lowest BCUT2D eigenvalue weighted by atomic mass is 10.1. The first-order chi connectivity index (χ1) is 10.8. The molecule has 23 heavy (non-hydrogen) atoms. The van der Waals surface area contributed by atoms with Crippen LogP contribution in [0.15, 0.2) is 41.0 Å². The van der Waals surface area contributed by atoms with Crippen molar-refractivity contribution in [3.05, 3.63) is 53.7 Å². The van der Waals surface area contributed by atoms with Crippen molar-refractivity contribution in [2.45, 2.75) is 12.7 Å². The lowest BCUT2D eigenvalue weighted by Gasteiger charge is -2.24. The maximum Gasteiger partial charge on any atom is 0.406 e. The summed E-state index contributed by atoms with van der Waals surface area (Å²) < 4.78 is 61.5. The molecule has 0 aliphatic carbocycles. The smallest absolute Gasteiger partial charge is 0.406 e. The van der Waals surface area contributed by atoms with Crippen molar-refractivity contribution in [2.24, 2.45) is 0 Å². The van der Waals surface area contributed by atoms with E-state index in [9.17, 15) is 22.4 Å². The molecular formula is C15H13F4NO3. The second-order valence-corrected chi connectivity index (χ2v) is 4.70. The zero-order valence-corrected chi connectivity index (χ0v) is 12.1. The molecule has 4 nitrogen and oxygen atoms in total. The SMILES string of the molecule is COc1ccc(F)cc1C(=O)N(Cc1ccco1)CC(F)(F)F. The van der Waals surface area contributed by atoms with Crippen LogP contribution in [0.4, 0.5) is 17.6 Å². The Morgan fingerprint density at radius 3 is 2.61 bits per heavy atom. The van der Waals surface area contributed by atoms with E-state index in [4.69, 9.17) is 9.15 Å². The zero-order chi connectivity index (χ0) is 17.0. The Hall–Kier alpha value is -2.51. The molecule has 1 aromatic carbocycles. The number of furan rings is 1. The molecule has 8 heteroatoms. The molecule has 0 fully saturated rings. The molecule has 0 saturated heterocycles. The third-order valence-corrected chi connectivity index (χ3v) is 2.98. The highest BCUT2D eigenvalue weighted by molar-refractivity contribution is 5.97. The second-order valence-electron chi connectivity index (χ2n) is 4.70. The van der Waals surface area contributed by atoms with Crippen molar-refractivity contribution in [3.63, 3.8) is 0 Å². The summed E-state index contributed by atoms with van der Waals surface area (Å²) in [4.78, 5) is 12.9. The third kappa shape index (κ3) is 4.48. The summed E-state index contributed by atoms with van der Waals surface area (Å²) in [5, 5.41) is 0. The molecule has 0 N–H and O–H groups in total. The van der Waals surface area contributed by atoms with Gasteiger partial charge in [0.1, 0.15) is 23.9 Å². The Kier molecular flexibility index (Phi) is 4.92. The number of hydrogen-bond acceptors (Lipinski definition) is 3. The Balaban J connectivity index is 2.34. The first kappa shape index (κ1) is 16.9. The number of alkyl halides is 3. The van der Waals surface area contributed by atoms with Gasteiger partial charge in [-0.3, -0.25) is 4.79 Å². The van der Waals surface area contributed by atoms with Gasteiger partial charge in [-0.2, -0.15) is 13.2 Å². The van der Waals surface area contributed by atoms with E-state index < -0.39 is 31.0 Å². The van der Waals surface area contributed by atoms with Gasteiger partial charge in [0, 0.05) is 0 Å². The van der Waals surface area contributed by atoms with E-state index in [1.165, 1.54) is 31.6 Å². The molecule has 0 radical (unpaired) electrons. The number of hydrogen-bond donors (Lipinski definition) is 0. The van der Waals surface area contributed by atoms with Crippen LogP contribution in [0.2, 0.25) is 0 Å². The van der Waals surface area contributed by atoms with Crippen molar-refractivity contribution in [1.82, 2.24) is 4.90 Å². The van der Waals surface area contributed by atoms with Gasteiger partial charge in [-0.15, -0.1) is 0 Å². The standard InChI is InChI=1S/C15H13F4NO3/c1-22-13-5-4-10(16)7-12(13)14(21)20(9-15(17,18)19)8-11-3-2-6-23-11/h2-7H,8-9H2,1H3. The van der Waals surface area contributed by atoms with Gasteiger partial charge in [-0.05, 0) is 30.3 Å². The normalized spacial score (nSPS) is 11.3. The van der Waals surface area contributed by atoms with E-state index in [2.05, 4.69) is 0 Å². The van der Waals surface area contributed by atoms with Gasteiger partial charge in [-0.25, -0.2) is 4.39 Å². The topological polar surface area (TPSA) is 42.7 Å². The van der Waals surface area contributed by atoms with Crippen LogP contribution in [0.3, 0.4) is 0 Å². The molecule has 0 spiro atoms. The summed E-state index contributed by atoms with van der Waals surface area (Å²) in [6.45, 7) is -1.89. The van der Waals surface area contributed by atoms with Gasteiger partial charge in [0.05, 0.1) is 25.5 Å². The van der Waals surface area contributed by atoms with E-state index in [1.54, 1.807) is 0 Å². The van der Waals surface area contributed by atoms with Crippen molar-refractivity contribution >= 4 is 5.91 Å². The van der Waals surface area contributed by atoms with E-state index in [0.29, 0.717) is 4.90 Å². The van der Waals surface area contributed by atoms with Gasteiger partial charge < -0.3 is 14.1 Å². The van der Waals surface area contributed by atoms with Crippen LogP contribution in [0.1, 0.15) is 16.1 Å². The summed E-state index contributed by atoms with van der Waals surface area (Å²) in [7, 11) is 1.24. The molecule has 0 unspecified atom stereocenters. The first-order valence-electron chi connectivity index (χ1n) is 6.52. The predicted octanol–water partition coefficient (Wildman–Crippen LogP) is 3.63. The summed E-state index contributed by atoms with van der Waals surface area (Å²) in [6.07, 6.45) is -3.32. The minimum Gasteiger partial charge on any atom is -0.496 e. The Labute approximate surface area is 129 Å². The minimum absolute atomic E-state index is 0.0111.